The first-order valence-corrected chi connectivity index (χ1v) is 9.96. The van der Waals surface area contributed by atoms with Crippen LogP contribution in [0.3, 0.4) is 0 Å². The standard InChI is InChI=1S/C19H28N6O/c1-2-23-10-12-24(13-11-23)18(16-7-4-3-5-8-16)19-20-21-22-25(19)15-17-9-6-14-26-17/h3-5,7-8,17-18H,2,6,9-15H2,1H3/p+2/t17-,18-/m1/s1. The number of aromatic nitrogens is 4. The fourth-order valence-corrected chi connectivity index (χ4v) is 4.31. The maximum Gasteiger partial charge on any atom is 0.214 e. The lowest BCUT2D eigenvalue weighted by atomic mass is 10.0. The summed E-state index contributed by atoms with van der Waals surface area (Å²) in [5.41, 5.74) is 1.30. The largest absolute Gasteiger partial charge is 0.376 e. The van der Waals surface area contributed by atoms with Crippen LogP contribution in [0.25, 0.3) is 0 Å². The molecule has 2 atom stereocenters. The number of hydrogen-bond donors (Lipinski definition) is 2. The SMILES string of the molecule is CC[NH+]1CC[NH+]([C@H](c2ccccc2)c2nnnn2C[C@H]2CCCO2)CC1. The molecule has 0 radical (unpaired) electrons. The van der Waals surface area contributed by atoms with E-state index in [0.29, 0.717) is 0 Å². The molecule has 2 saturated heterocycles. The molecular weight excluding hydrogens is 328 g/mol. The lowest BCUT2D eigenvalue weighted by Crippen LogP contribution is -3.28. The van der Waals surface area contributed by atoms with Gasteiger partial charge in [-0.1, -0.05) is 30.3 Å². The second-order valence-corrected chi connectivity index (χ2v) is 7.46. The normalized spacial score (nSPS) is 27.5. The van der Waals surface area contributed by atoms with Gasteiger partial charge in [0.15, 0.2) is 6.04 Å². The third-order valence-electron chi connectivity index (χ3n) is 5.86. The van der Waals surface area contributed by atoms with Crippen LogP contribution in [0.1, 0.15) is 37.2 Å². The molecule has 7 nitrogen and oxygen atoms in total. The Morgan fingerprint density at radius 1 is 1.19 bits per heavy atom. The molecule has 1 aromatic carbocycles. The van der Waals surface area contributed by atoms with Gasteiger partial charge in [-0.25, -0.2) is 4.68 Å². The van der Waals surface area contributed by atoms with E-state index in [9.17, 15) is 0 Å². The van der Waals surface area contributed by atoms with E-state index in [1.54, 1.807) is 9.80 Å². The minimum Gasteiger partial charge on any atom is -0.376 e. The fourth-order valence-electron chi connectivity index (χ4n) is 4.31. The summed E-state index contributed by atoms with van der Waals surface area (Å²) in [4.78, 5) is 3.26. The van der Waals surface area contributed by atoms with Crippen molar-refractivity contribution in [2.24, 2.45) is 0 Å². The molecule has 4 rings (SSSR count). The number of hydrogen-bond acceptors (Lipinski definition) is 4. The van der Waals surface area contributed by atoms with Crippen LogP contribution in [0, 0.1) is 0 Å². The third kappa shape index (κ3) is 3.79. The Kier molecular flexibility index (Phi) is 5.57. The van der Waals surface area contributed by atoms with E-state index in [2.05, 4.69) is 52.8 Å². The van der Waals surface area contributed by atoms with Crippen LogP contribution in [0.2, 0.25) is 0 Å². The van der Waals surface area contributed by atoms with Crippen molar-refractivity contribution >= 4 is 0 Å². The molecule has 140 valence electrons. The van der Waals surface area contributed by atoms with E-state index in [4.69, 9.17) is 4.74 Å². The van der Waals surface area contributed by atoms with Gasteiger partial charge in [0.1, 0.15) is 26.2 Å². The fraction of sp³-hybridized carbons (Fsp3) is 0.632. The highest BCUT2D eigenvalue weighted by Gasteiger charge is 2.35. The van der Waals surface area contributed by atoms with E-state index in [1.165, 1.54) is 25.2 Å². The van der Waals surface area contributed by atoms with Gasteiger partial charge in [-0.3, -0.25) is 0 Å². The van der Waals surface area contributed by atoms with Crippen LogP contribution < -0.4 is 9.80 Å². The smallest absolute Gasteiger partial charge is 0.214 e. The number of quaternary nitrogens is 2. The number of rotatable bonds is 6. The number of nitrogens with zero attached hydrogens (tertiary/aromatic N) is 4. The predicted octanol–water partition coefficient (Wildman–Crippen LogP) is -1.26. The molecular formula is C19H30N6O+2. The van der Waals surface area contributed by atoms with Crippen LogP contribution in [0.15, 0.2) is 30.3 Å². The summed E-state index contributed by atoms with van der Waals surface area (Å²) >= 11 is 0. The summed E-state index contributed by atoms with van der Waals surface area (Å²) in [5.74, 6) is 0.974. The zero-order valence-electron chi connectivity index (χ0n) is 15.6. The number of ether oxygens (including phenoxy) is 1. The molecule has 2 aliphatic heterocycles. The minimum absolute atomic E-state index is 0.186. The Bertz CT molecular complexity index is 676. The number of tetrazole rings is 1. The van der Waals surface area contributed by atoms with Crippen LogP contribution >= 0.6 is 0 Å². The molecule has 2 aromatic rings. The molecule has 0 amide bonds. The van der Waals surface area contributed by atoms with Crippen molar-refractivity contribution in [3.63, 3.8) is 0 Å². The molecule has 2 fully saturated rings. The van der Waals surface area contributed by atoms with E-state index in [1.807, 2.05) is 4.68 Å². The molecule has 0 bridgehead atoms. The first-order valence-electron chi connectivity index (χ1n) is 9.96. The summed E-state index contributed by atoms with van der Waals surface area (Å²) in [7, 11) is 0. The highest BCUT2D eigenvalue weighted by atomic mass is 16.5. The first-order chi connectivity index (χ1) is 12.8. The number of nitrogens with one attached hydrogen (secondary N) is 2. The number of piperazine rings is 1. The highest BCUT2D eigenvalue weighted by Crippen LogP contribution is 2.19. The average molecular weight is 358 g/mol. The maximum absolute atomic E-state index is 5.81. The zero-order chi connectivity index (χ0) is 17.8. The third-order valence-corrected chi connectivity index (χ3v) is 5.86. The van der Waals surface area contributed by atoms with Crippen molar-refractivity contribution in [2.75, 3.05) is 39.3 Å². The van der Waals surface area contributed by atoms with E-state index >= 15 is 0 Å². The summed E-state index contributed by atoms with van der Waals surface area (Å²) in [5, 5.41) is 12.8. The Labute approximate surface area is 154 Å². The molecule has 7 heteroatoms. The zero-order valence-corrected chi connectivity index (χ0v) is 15.6. The van der Waals surface area contributed by atoms with Crippen LogP contribution in [-0.2, 0) is 11.3 Å². The van der Waals surface area contributed by atoms with Gasteiger partial charge in [0.25, 0.3) is 0 Å². The van der Waals surface area contributed by atoms with Crippen molar-refractivity contribution in [1.29, 1.82) is 0 Å². The second kappa shape index (κ2) is 8.24. The minimum atomic E-state index is 0.186. The Morgan fingerprint density at radius 2 is 2.00 bits per heavy atom. The van der Waals surface area contributed by atoms with E-state index in [0.717, 1.165) is 44.9 Å². The van der Waals surface area contributed by atoms with Gasteiger partial charge >= 0.3 is 0 Å². The van der Waals surface area contributed by atoms with Crippen molar-refractivity contribution < 1.29 is 14.5 Å². The highest BCUT2D eigenvalue weighted by molar-refractivity contribution is 5.22. The van der Waals surface area contributed by atoms with Gasteiger partial charge in [-0.2, -0.15) is 0 Å². The van der Waals surface area contributed by atoms with Crippen LogP contribution in [0.5, 0.6) is 0 Å². The Balaban J connectivity index is 1.60. The second-order valence-electron chi connectivity index (χ2n) is 7.46. The van der Waals surface area contributed by atoms with Gasteiger partial charge in [0.2, 0.25) is 5.82 Å². The van der Waals surface area contributed by atoms with E-state index in [-0.39, 0.29) is 12.1 Å². The van der Waals surface area contributed by atoms with Gasteiger partial charge in [-0.05, 0) is 30.2 Å². The van der Waals surface area contributed by atoms with Gasteiger partial charge in [0, 0.05) is 12.2 Å². The lowest BCUT2D eigenvalue weighted by Gasteiger charge is -2.34. The molecule has 26 heavy (non-hydrogen) atoms. The van der Waals surface area contributed by atoms with Crippen LogP contribution in [0.4, 0.5) is 0 Å². The molecule has 2 aliphatic rings. The summed E-state index contributed by atoms with van der Waals surface area (Å²) < 4.78 is 7.80. The molecule has 3 heterocycles. The number of likely N-dealkylation sites (N-methyl/N-ethyl adjacent to an activating group) is 1. The first kappa shape index (κ1) is 17.6. The predicted molar refractivity (Wildman–Crippen MR) is 97.0 cm³/mol. The Morgan fingerprint density at radius 3 is 2.69 bits per heavy atom. The van der Waals surface area contributed by atoms with Crippen LogP contribution in [-0.4, -0.2) is 65.6 Å². The summed E-state index contributed by atoms with van der Waals surface area (Å²) in [6.45, 7) is 9.82. The van der Waals surface area contributed by atoms with Crippen molar-refractivity contribution in [2.45, 2.75) is 38.5 Å². The van der Waals surface area contributed by atoms with Crippen molar-refractivity contribution in [3.8, 4) is 0 Å². The topological polar surface area (TPSA) is 61.7 Å². The Hall–Kier alpha value is -1.83. The number of benzene rings is 1. The van der Waals surface area contributed by atoms with Crippen molar-refractivity contribution in [3.05, 3.63) is 41.7 Å². The summed E-state index contributed by atoms with van der Waals surface area (Å²) in [6.07, 6.45) is 2.47. The average Bonchev–Trinajstić information content (AvgIpc) is 3.37. The molecule has 0 aliphatic carbocycles. The van der Waals surface area contributed by atoms with Gasteiger partial charge in [-0.15, -0.1) is 5.10 Å². The van der Waals surface area contributed by atoms with Gasteiger partial charge in [0.05, 0.1) is 19.2 Å². The molecule has 2 N–H and O–H groups in total. The maximum atomic E-state index is 5.81. The lowest BCUT2D eigenvalue weighted by molar-refractivity contribution is -1.02. The van der Waals surface area contributed by atoms with Crippen molar-refractivity contribution in [1.82, 2.24) is 20.2 Å². The van der Waals surface area contributed by atoms with Gasteiger partial charge < -0.3 is 14.5 Å². The molecule has 0 spiro atoms. The molecule has 0 unspecified atom stereocenters. The monoisotopic (exact) mass is 358 g/mol. The molecule has 1 aromatic heterocycles. The molecule has 0 saturated carbocycles. The quantitative estimate of drug-likeness (QED) is 0.677. The van der Waals surface area contributed by atoms with E-state index < -0.39 is 0 Å². The summed E-state index contributed by atoms with van der Waals surface area (Å²) in [6, 6.07) is 10.9.